The second-order valence-electron chi connectivity index (χ2n) is 5.66. The molecule has 0 spiro atoms. The van der Waals surface area contributed by atoms with Crippen LogP contribution < -0.4 is 0 Å². The molecule has 1 aliphatic rings. The first kappa shape index (κ1) is 16.0. The summed E-state index contributed by atoms with van der Waals surface area (Å²) in [7, 11) is 0. The van der Waals surface area contributed by atoms with Crippen molar-refractivity contribution in [3.05, 3.63) is 34.3 Å². The lowest BCUT2D eigenvalue weighted by molar-refractivity contribution is -0.149. The Balaban J connectivity index is 2.10. The van der Waals surface area contributed by atoms with Crippen LogP contribution in [0.4, 0.5) is 0 Å². The van der Waals surface area contributed by atoms with E-state index >= 15 is 0 Å². The van der Waals surface area contributed by atoms with Crippen molar-refractivity contribution < 1.29 is 14.3 Å². The number of nitrogens with zero attached hydrogens (tertiary/aromatic N) is 1. The molecule has 1 unspecified atom stereocenters. The minimum Gasteiger partial charge on any atom is -0.464 e. The van der Waals surface area contributed by atoms with Gasteiger partial charge in [-0.05, 0) is 46.8 Å². The highest BCUT2D eigenvalue weighted by molar-refractivity contribution is 9.10. The number of hydrogen-bond acceptors (Lipinski definition) is 3. The summed E-state index contributed by atoms with van der Waals surface area (Å²) in [4.78, 5) is 26.4. The molecule has 1 fully saturated rings. The molecule has 0 aromatic heterocycles. The molecule has 21 heavy (non-hydrogen) atoms. The highest BCUT2D eigenvalue weighted by atomic mass is 79.9. The van der Waals surface area contributed by atoms with Gasteiger partial charge >= 0.3 is 5.97 Å². The molecule has 0 radical (unpaired) electrons. The lowest BCUT2D eigenvalue weighted by Gasteiger charge is -2.24. The van der Waals surface area contributed by atoms with Crippen molar-refractivity contribution in [1.29, 1.82) is 0 Å². The van der Waals surface area contributed by atoms with Crippen molar-refractivity contribution in [3.8, 4) is 0 Å². The molecule has 1 atom stereocenters. The number of rotatable bonds is 4. The van der Waals surface area contributed by atoms with E-state index in [0.29, 0.717) is 31.1 Å². The summed E-state index contributed by atoms with van der Waals surface area (Å²) in [6.45, 7) is 4.98. The van der Waals surface area contributed by atoms with Gasteiger partial charge in [-0.2, -0.15) is 0 Å². The molecule has 4 nitrogen and oxygen atoms in total. The largest absolute Gasteiger partial charge is 0.464 e. The Morgan fingerprint density at radius 1 is 1.38 bits per heavy atom. The topological polar surface area (TPSA) is 46.6 Å². The van der Waals surface area contributed by atoms with Gasteiger partial charge in [0.2, 0.25) is 0 Å². The molecule has 1 heterocycles. The van der Waals surface area contributed by atoms with E-state index in [-0.39, 0.29) is 11.9 Å². The molecule has 1 aromatic rings. The van der Waals surface area contributed by atoms with Crippen molar-refractivity contribution >= 4 is 27.8 Å². The maximum atomic E-state index is 12.6. The zero-order chi connectivity index (χ0) is 15.4. The molecule has 5 heteroatoms. The summed E-state index contributed by atoms with van der Waals surface area (Å²) in [6, 6.07) is 6.82. The second kappa shape index (κ2) is 7.07. The van der Waals surface area contributed by atoms with E-state index in [4.69, 9.17) is 4.74 Å². The van der Waals surface area contributed by atoms with Crippen LogP contribution in [0.3, 0.4) is 0 Å². The van der Waals surface area contributed by atoms with Gasteiger partial charge < -0.3 is 9.64 Å². The maximum Gasteiger partial charge on any atom is 0.328 e. The lowest BCUT2D eigenvalue weighted by atomic mass is 10.1. The number of carbonyl (C=O) groups excluding carboxylic acids is 2. The highest BCUT2D eigenvalue weighted by Crippen LogP contribution is 2.24. The number of amides is 1. The molecule has 1 aromatic carbocycles. The maximum absolute atomic E-state index is 12.6. The van der Waals surface area contributed by atoms with Crippen molar-refractivity contribution in [3.63, 3.8) is 0 Å². The van der Waals surface area contributed by atoms with Gasteiger partial charge in [0.1, 0.15) is 6.04 Å². The Labute approximate surface area is 133 Å². The number of esters is 1. The summed E-state index contributed by atoms with van der Waals surface area (Å²) in [5, 5.41) is 0. The van der Waals surface area contributed by atoms with Crippen LogP contribution in [-0.2, 0) is 9.53 Å². The average molecular weight is 354 g/mol. The minimum atomic E-state index is -0.455. The van der Waals surface area contributed by atoms with Crippen LogP contribution in [0.2, 0.25) is 0 Å². The van der Waals surface area contributed by atoms with Gasteiger partial charge in [-0.25, -0.2) is 4.79 Å². The quantitative estimate of drug-likeness (QED) is 0.780. The Kier molecular flexibility index (Phi) is 5.39. The van der Waals surface area contributed by atoms with Gasteiger partial charge in [0, 0.05) is 11.0 Å². The molecule has 0 saturated carbocycles. The Morgan fingerprint density at radius 3 is 2.76 bits per heavy atom. The number of ether oxygens (including phenoxy) is 1. The number of likely N-dealkylation sites (tertiary alicyclic amines) is 1. The van der Waals surface area contributed by atoms with Gasteiger partial charge in [-0.15, -0.1) is 0 Å². The minimum absolute atomic E-state index is 0.119. The zero-order valence-corrected chi connectivity index (χ0v) is 13.9. The van der Waals surface area contributed by atoms with Gasteiger partial charge in [-0.3, -0.25) is 4.79 Å². The number of hydrogen-bond donors (Lipinski definition) is 0. The van der Waals surface area contributed by atoms with Gasteiger partial charge in [0.05, 0.1) is 12.2 Å². The molecular weight excluding hydrogens is 334 g/mol. The average Bonchev–Trinajstić information content (AvgIpc) is 2.94. The van der Waals surface area contributed by atoms with Crippen LogP contribution in [0.5, 0.6) is 0 Å². The smallest absolute Gasteiger partial charge is 0.328 e. The summed E-state index contributed by atoms with van der Waals surface area (Å²) >= 11 is 3.39. The van der Waals surface area contributed by atoms with Crippen LogP contribution in [-0.4, -0.2) is 36.0 Å². The van der Waals surface area contributed by atoms with Crippen LogP contribution in [0.1, 0.15) is 37.0 Å². The molecule has 114 valence electrons. The van der Waals surface area contributed by atoms with Gasteiger partial charge in [-0.1, -0.05) is 26.0 Å². The van der Waals surface area contributed by atoms with Crippen LogP contribution in [0.15, 0.2) is 28.7 Å². The standard InChI is InChI=1S/C16H20BrNO3/c1-11(2)10-21-16(20)14-8-5-9-18(14)15(19)12-6-3-4-7-13(12)17/h3-4,6-7,11,14H,5,8-10H2,1-2H3. The van der Waals surface area contributed by atoms with Gasteiger partial charge in [0.25, 0.3) is 5.91 Å². The SMILES string of the molecule is CC(C)COC(=O)C1CCCN1C(=O)c1ccccc1Br. The molecule has 0 aliphatic carbocycles. The summed E-state index contributed by atoms with van der Waals surface area (Å²) < 4.78 is 6.04. The van der Waals surface area contributed by atoms with E-state index in [9.17, 15) is 9.59 Å². The first-order valence-electron chi connectivity index (χ1n) is 7.23. The van der Waals surface area contributed by atoms with Crippen LogP contribution in [0.25, 0.3) is 0 Å². The predicted molar refractivity (Wildman–Crippen MR) is 84.0 cm³/mol. The summed E-state index contributed by atoms with van der Waals surface area (Å²) in [5.74, 6) is -0.115. The predicted octanol–water partition coefficient (Wildman–Crippen LogP) is 3.25. The Morgan fingerprint density at radius 2 is 2.10 bits per heavy atom. The molecule has 0 bridgehead atoms. The fourth-order valence-corrected chi connectivity index (χ4v) is 2.84. The third kappa shape index (κ3) is 3.84. The zero-order valence-electron chi connectivity index (χ0n) is 12.3. The van der Waals surface area contributed by atoms with Crippen LogP contribution >= 0.6 is 15.9 Å². The van der Waals surface area contributed by atoms with Crippen molar-refractivity contribution in [2.24, 2.45) is 5.92 Å². The van der Waals surface area contributed by atoms with E-state index in [0.717, 1.165) is 10.9 Å². The van der Waals surface area contributed by atoms with E-state index in [1.165, 1.54) is 0 Å². The van der Waals surface area contributed by atoms with E-state index < -0.39 is 6.04 Å². The monoisotopic (exact) mass is 353 g/mol. The molecule has 1 aliphatic heterocycles. The van der Waals surface area contributed by atoms with E-state index in [1.807, 2.05) is 32.0 Å². The molecule has 1 amide bonds. The van der Waals surface area contributed by atoms with E-state index in [2.05, 4.69) is 15.9 Å². The van der Waals surface area contributed by atoms with E-state index in [1.54, 1.807) is 11.0 Å². The van der Waals surface area contributed by atoms with Crippen LogP contribution in [0, 0.1) is 5.92 Å². The van der Waals surface area contributed by atoms with Gasteiger partial charge in [0.15, 0.2) is 0 Å². The fourth-order valence-electron chi connectivity index (χ4n) is 2.39. The Hall–Kier alpha value is -1.36. The number of benzene rings is 1. The van der Waals surface area contributed by atoms with Crippen molar-refractivity contribution in [2.75, 3.05) is 13.2 Å². The Bertz CT molecular complexity index is 530. The first-order valence-corrected chi connectivity index (χ1v) is 8.02. The number of halogens is 1. The molecule has 2 rings (SSSR count). The lowest BCUT2D eigenvalue weighted by Crippen LogP contribution is -2.41. The highest BCUT2D eigenvalue weighted by Gasteiger charge is 2.36. The summed E-state index contributed by atoms with van der Waals surface area (Å²) in [5.41, 5.74) is 0.584. The normalized spacial score (nSPS) is 18.1. The molecular formula is C16H20BrNO3. The first-order chi connectivity index (χ1) is 10.0. The third-order valence-electron chi connectivity index (χ3n) is 3.45. The molecule has 0 N–H and O–H groups in total. The number of carbonyl (C=O) groups is 2. The third-order valence-corrected chi connectivity index (χ3v) is 4.14. The molecule has 1 saturated heterocycles. The second-order valence-corrected chi connectivity index (χ2v) is 6.51. The summed E-state index contributed by atoms with van der Waals surface area (Å²) in [6.07, 6.45) is 1.50. The fraction of sp³-hybridized carbons (Fsp3) is 0.500. The van der Waals surface area contributed by atoms with Crippen molar-refractivity contribution in [2.45, 2.75) is 32.7 Å². The van der Waals surface area contributed by atoms with Crippen molar-refractivity contribution in [1.82, 2.24) is 4.90 Å².